The fourth-order valence-electron chi connectivity index (χ4n) is 4.58. The molecule has 0 radical (unpaired) electrons. The molecule has 0 aliphatic carbocycles. The number of nitrogens with one attached hydrogen (secondary N) is 1. The van der Waals surface area contributed by atoms with E-state index in [1.807, 2.05) is 30.3 Å². The zero-order valence-electron chi connectivity index (χ0n) is 21.1. The predicted octanol–water partition coefficient (Wildman–Crippen LogP) is 5.24. The van der Waals surface area contributed by atoms with Crippen LogP contribution < -0.4 is 4.74 Å². The highest BCUT2D eigenvalue weighted by atomic mass is 32.2. The number of rotatable bonds is 4. The van der Waals surface area contributed by atoms with Gasteiger partial charge in [-0.2, -0.15) is 0 Å². The molecule has 192 valence electrons. The smallest absolute Gasteiger partial charge is 0.254 e. The van der Waals surface area contributed by atoms with E-state index in [-0.39, 0.29) is 23.6 Å². The van der Waals surface area contributed by atoms with Crippen molar-refractivity contribution in [1.82, 2.24) is 14.9 Å². The van der Waals surface area contributed by atoms with Gasteiger partial charge in [0.25, 0.3) is 5.91 Å². The van der Waals surface area contributed by atoms with Crippen LogP contribution in [-0.4, -0.2) is 48.6 Å². The summed E-state index contributed by atoms with van der Waals surface area (Å²) in [4.78, 5) is 22.6. The largest absolute Gasteiger partial charge is 0.491 e. The Kier molecular flexibility index (Phi) is 6.27. The number of aromatic nitrogens is 2. The number of fused-ring (bicyclic) bond motifs is 2. The molecule has 37 heavy (non-hydrogen) atoms. The van der Waals surface area contributed by atoms with Gasteiger partial charge in [-0.25, -0.2) is 17.8 Å². The highest BCUT2D eigenvalue weighted by Crippen LogP contribution is 2.32. The van der Waals surface area contributed by atoms with Gasteiger partial charge < -0.3 is 14.6 Å². The lowest BCUT2D eigenvalue weighted by atomic mass is 10.0. The van der Waals surface area contributed by atoms with Gasteiger partial charge in [0, 0.05) is 29.8 Å². The van der Waals surface area contributed by atoms with E-state index in [2.05, 4.69) is 29.9 Å². The number of amides is 1. The van der Waals surface area contributed by atoms with Crippen LogP contribution in [0.2, 0.25) is 0 Å². The standard InChI is InChI=1S/C28H28FN3O4S/c1-16(2)27-30-22-8-5-19(14-23(22)31-27)18-6-9-24-20(13-18)15-32(11-12-36-24)28(33)21-7-10-25(37(4,34)35)26(29)17(21)3/h5-10,13-14,16H,11-12,15H2,1-4H3,(H,30,31). The normalized spacial score (nSPS) is 13.9. The fourth-order valence-corrected chi connectivity index (χ4v) is 5.37. The van der Waals surface area contributed by atoms with Gasteiger partial charge in [-0.15, -0.1) is 0 Å². The maximum Gasteiger partial charge on any atom is 0.254 e. The molecular formula is C28H28FN3O4S. The number of carbonyl (C=O) groups is 1. The third kappa shape index (κ3) is 4.71. The fraction of sp³-hybridized carbons (Fsp3) is 0.286. The van der Waals surface area contributed by atoms with Crippen molar-refractivity contribution in [3.8, 4) is 16.9 Å². The van der Waals surface area contributed by atoms with E-state index in [0.29, 0.717) is 24.8 Å². The Morgan fingerprint density at radius 1 is 1.11 bits per heavy atom. The first-order valence-corrected chi connectivity index (χ1v) is 14.0. The van der Waals surface area contributed by atoms with Crippen LogP contribution in [0.5, 0.6) is 5.75 Å². The Labute approximate surface area is 215 Å². The molecule has 0 atom stereocenters. The molecule has 4 aromatic rings. The molecule has 9 heteroatoms. The van der Waals surface area contributed by atoms with Gasteiger partial charge >= 0.3 is 0 Å². The molecule has 1 aliphatic heterocycles. The molecule has 3 aromatic carbocycles. The molecule has 0 saturated heterocycles. The van der Waals surface area contributed by atoms with E-state index in [1.54, 1.807) is 4.90 Å². The minimum Gasteiger partial charge on any atom is -0.491 e. The van der Waals surface area contributed by atoms with Crippen LogP contribution in [0.25, 0.3) is 22.2 Å². The average Bonchev–Trinajstić information content (AvgIpc) is 3.17. The monoisotopic (exact) mass is 521 g/mol. The summed E-state index contributed by atoms with van der Waals surface area (Å²) in [6, 6.07) is 14.5. The highest BCUT2D eigenvalue weighted by molar-refractivity contribution is 7.90. The van der Waals surface area contributed by atoms with Crippen molar-refractivity contribution in [1.29, 1.82) is 0 Å². The van der Waals surface area contributed by atoms with Gasteiger partial charge in [0.15, 0.2) is 9.84 Å². The second-order valence-electron chi connectivity index (χ2n) is 9.73. The number of aromatic amines is 1. The molecule has 7 nitrogen and oxygen atoms in total. The van der Waals surface area contributed by atoms with Crippen LogP contribution >= 0.6 is 0 Å². The summed E-state index contributed by atoms with van der Waals surface area (Å²) in [7, 11) is -3.74. The Morgan fingerprint density at radius 3 is 2.57 bits per heavy atom. The SMILES string of the molecule is Cc1c(C(=O)N2CCOc3ccc(-c4ccc5nc(C(C)C)[nH]c5c4)cc3C2)ccc(S(C)(=O)=O)c1F. The number of benzene rings is 3. The van der Waals surface area contributed by atoms with Crippen LogP contribution in [0.1, 0.15) is 47.1 Å². The predicted molar refractivity (Wildman–Crippen MR) is 140 cm³/mol. The third-order valence-electron chi connectivity index (χ3n) is 6.69. The van der Waals surface area contributed by atoms with E-state index in [4.69, 9.17) is 4.74 Å². The number of ether oxygens (including phenoxy) is 1. The Hall–Kier alpha value is -3.72. The number of imidazole rings is 1. The second-order valence-corrected chi connectivity index (χ2v) is 11.7. The topological polar surface area (TPSA) is 92.4 Å². The van der Waals surface area contributed by atoms with Gasteiger partial charge in [0.1, 0.15) is 28.9 Å². The number of hydrogen-bond donors (Lipinski definition) is 1. The Bertz CT molecular complexity index is 1640. The molecular weight excluding hydrogens is 493 g/mol. The molecule has 0 spiro atoms. The molecule has 0 unspecified atom stereocenters. The van der Waals surface area contributed by atoms with Crippen molar-refractivity contribution in [2.45, 2.75) is 38.1 Å². The van der Waals surface area contributed by atoms with Crippen LogP contribution in [-0.2, 0) is 16.4 Å². The van der Waals surface area contributed by atoms with Crippen LogP contribution in [0.4, 0.5) is 4.39 Å². The lowest BCUT2D eigenvalue weighted by Crippen LogP contribution is -2.33. The number of hydrogen-bond acceptors (Lipinski definition) is 5. The molecule has 1 aromatic heterocycles. The summed E-state index contributed by atoms with van der Waals surface area (Å²) in [6.07, 6.45) is 0.945. The average molecular weight is 522 g/mol. The third-order valence-corrected chi connectivity index (χ3v) is 7.80. The van der Waals surface area contributed by atoms with Gasteiger partial charge in [0.2, 0.25) is 0 Å². The number of halogens is 1. The summed E-state index contributed by atoms with van der Waals surface area (Å²) >= 11 is 0. The van der Waals surface area contributed by atoms with Gasteiger partial charge in [0.05, 0.1) is 17.6 Å². The molecule has 1 N–H and O–H groups in total. The van der Waals surface area contributed by atoms with Crippen molar-refractivity contribution < 1.29 is 22.3 Å². The maximum atomic E-state index is 14.8. The van der Waals surface area contributed by atoms with Crippen molar-refractivity contribution >= 4 is 26.8 Å². The molecule has 5 rings (SSSR count). The van der Waals surface area contributed by atoms with E-state index in [9.17, 15) is 17.6 Å². The van der Waals surface area contributed by atoms with Crippen molar-refractivity contribution in [2.75, 3.05) is 19.4 Å². The van der Waals surface area contributed by atoms with E-state index in [1.165, 1.54) is 13.0 Å². The van der Waals surface area contributed by atoms with E-state index >= 15 is 0 Å². The summed E-state index contributed by atoms with van der Waals surface area (Å²) < 4.78 is 44.5. The van der Waals surface area contributed by atoms with Crippen molar-refractivity contribution in [3.05, 3.63) is 76.9 Å². The molecule has 0 saturated carbocycles. The van der Waals surface area contributed by atoms with E-state index < -0.39 is 20.5 Å². The second kappa shape index (κ2) is 9.30. The zero-order valence-corrected chi connectivity index (χ0v) is 21.9. The first kappa shape index (κ1) is 25.0. The van der Waals surface area contributed by atoms with Crippen molar-refractivity contribution in [2.24, 2.45) is 0 Å². The molecule has 1 amide bonds. The lowest BCUT2D eigenvalue weighted by Gasteiger charge is -2.21. The number of H-pyrrole nitrogens is 1. The van der Waals surface area contributed by atoms with Crippen LogP contribution in [0.15, 0.2) is 53.4 Å². The summed E-state index contributed by atoms with van der Waals surface area (Å²) in [5.74, 6) is 0.658. The maximum absolute atomic E-state index is 14.8. The number of carbonyl (C=O) groups excluding carboxylic acids is 1. The molecule has 2 heterocycles. The first-order valence-electron chi connectivity index (χ1n) is 12.1. The molecule has 1 aliphatic rings. The zero-order chi connectivity index (χ0) is 26.5. The van der Waals surface area contributed by atoms with Gasteiger partial charge in [-0.3, -0.25) is 4.79 Å². The van der Waals surface area contributed by atoms with Crippen molar-refractivity contribution in [3.63, 3.8) is 0 Å². The minimum atomic E-state index is -3.74. The highest BCUT2D eigenvalue weighted by Gasteiger charge is 2.26. The Balaban J connectivity index is 1.46. The number of nitrogens with zero attached hydrogens (tertiary/aromatic N) is 2. The van der Waals surface area contributed by atoms with Gasteiger partial charge in [-0.1, -0.05) is 26.0 Å². The summed E-state index contributed by atoms with van der Waals surface area (Å²) in [5, 5.41) is 0. The molecule has 0 bridgehead atoms. The van der Waals surface area contributed by atoms with Gasteiger partial charge in [-0.05, 0) is 60.0 Å². The van der Waals surface area contributed by atoms with Crippen LogP contribution in [0, 0.1) is 12.7 Å². The Morgan fingerprint density at radius 2 is 1.84 bits per heavy atom. The minimum absolute atomic E-state index is 0.0145. The quantitative estimate of drug-likeness (QED) is 0.397. The summed E-state index contributed by atoms with van der Waals surface area (Å²) in [5.41, 5.74) is 4.83. The molecule has 0 fully saturated rings. The summed E-state index contributed by atoms with van der Waals surface area (Å²) in [6.45, 7) is 6.49. The first-order chi connectivity index (χ1) is 17.5. The van der Waals surface area contributed by atoms with Crippen LogP contribution in [0.3, 0.4) is 0 Å². The number of sulfone groups is 1. The lowest BCUT2D eigenvalue weighted by molar-refractivity contribution is 0.0731. The van der Waals surface area contributed by atoms with E-state index in [0.717, 1.165) is 45.9 Å².